The highest BCUT2D eigenvalue weighted by Crippen LogP contribution is 2.26. The molecule has 0 atom stereocenters. The first-order valence-corrected chi connectivity index (χ1v) is 11.8. The highest BCUT2D eigenvalue weighted by molar-refractivity contribution is 7.93. The van der Waals surface area contributed by atoms with E-state index in [0.717, 1.165) is 22.5 Å². The Morgan fingerprint density at radius 3 is 2.16 bits per heavy atom. The van der Waals surface area contributed by atoms with Crippen LogP contribution in [0.15, 0.2) is 64.9 Å². The average Bonchev–Trinajstić information content (AvgIpc) is 3.22. The molecule has 0 saturated heterocycles. The van der Waals surface area contributed by atoms with Crippen LogP contribution in [0.5, 0.6) is 0 Å². The van der Waals surface area contributed by atoms with E-state index in [1.54, 1.807) is 68.0 Å². The second kappa shape index (κ2) is 9.32. The van der Waals surface area contributed by atoms with E-state index in [1.807, 2.05) is 6.92 Å². The number of nitrogens with zero attached hydrogens (tertiary/aromatic N) is 1. The molecular formula is C22H23N3O4S2. The minimum absolute atomic E-state index is 0.0219. The van der Waals surface area contributed by atoms with Crippen LogP contribution in [0.1, 0.15) is 20.8 Å². The monoisotopic (exact) mass is 457 g/mol. The number of amides is 2. The molecule has 0 unspecified atom stereocenters. The molecule has 2 amide bonds. The van der Waals surface area contributed by atoms with Crippen LogP contribution in [0.25, 0.3) is 0 Å². The summed E-state index contributed by atoms with van der Waals surface area (Å²) in [5.74, 6) is -0.539. The van der Waals surface area contributed by atoms with Crippen molar-refractivity contribution in [3.05, 3.63) is 76.0 Å². The normalized spacial score (nSPS) is 11.1. The van der Waals surface area contributed by atoms with Gasteiger partial charge in [0, 0.05) is 25.5 Å². The minimum atomic E-state index is -3.92. The molecule has 2 aromatic carbocycles. The van der Waals surface area contributed by atoms with Gasteiger partial charge in [-0.1, -0.05) is 29.8 Å². The quantitative estimate of drug-likeness (QED) is 0.565. The van der Waals surface area contributed by atoms with E-state index in [4.69, 9.17) is 0 Å². The van der Waals surface area contributed by atoms with Crippen molar-refractivity contribution in [3.8, 4) is 0 Å². The molecule has 31 heavy (non-hydrogen) atoms. The Balaban J connectivity index is 1.73. The van der Waals surface area contributed by atoms with Crippen LogP contribution < -0.4 is 10.0 Å². The van der Waals surface area contributed by atoms with E-state index < -0.39 is 15.9 Å². The Bertz CT molecular complexity index is 1180. The molecule has 7 nitrogen and oxygen atoms in total. The largest absolute Gasteiger partial charge is 0.349 e. The van der Waals surface area contributed by atoms with Crippen molar-refractivity contribution in [3.63, 3.8) is 0 Å². The molecular weight excluding hydrogens is 434 g/mol. The maximum atomic E-state index is 12.8. The van der Waals surface area contributed by atoms with Gasteiger partial charge in [0.05, 0.1) is 6.42 Å². The summed E-state index contributed by atoms with van der Waals surface area (Å²) < 4.78 is 28.1. The highest BCUT2D eigenvalue weighted by Gasteiger charge is 2.24. The van der Waals surface area contributed by atoms with E-state index in [-0.39, 0.29) is 22.1 Å². The van der Waals surface area contributed by atoms with Crippen LogP contribution in [-0.4, -0.2) is 39.2 Å². The molecule has 0 radical (unpaired) electrons. The third-order valence-electron chi connectivity index (χ3n) is 4.49. The Kier molecular flexibility index (Phi) is 6.77. The summed E-state index contributed by atoms with van der Waals surface area (Å²) in [4.78, 5) is 26.1. The fourth-order valence-corrected chi connectivity index (χ4v) is 5.12. The summed E-state index contributed by atoms with van der Waals surface area (Å²) in [6.45, 7) is 1.91. The molecule has 0 spiro atoms. The highest BCUT2D eigenvalue weighted by atomic mass is 32.2. The average molecular weight is 458 g/mol. The Labute approximate surface area is 185 Å². The Morgan fingerprint density at radius 1 is 0.935 bits per heavy atom. The molecule has 0 bridgehead atoms. The maximum Gasteiger partial charge on any atom is 0.267 e. The standard InChI is InChI=1S/C22H23N3O4S2/c1-15-4-8-18(9-5-15)24-31(28,29)19-12-13-30-21(19)22(27)23-17-10-6-16(7-11-17)14-20(26)25(2)3/h4-13,24H,14H2,1-3H3,(H,23,27). The third kappa shape index (κ3) is 5.71. The van der Waals surface area contributed by atoms with Gasteiger partial charge in [0.1, 0.15) is 9.77 Å². The van der Waals surface area contributed by atoms with Gasteiger partial charge in [-0.3, -0.25) is 14.3 Å². The SMILES string of the molecule is Cc1ccc(NS(=O)(=O)c2ccsc2C(=O)Nc2ccc(CC(=O)N(C)C)cc2)cc1. The van der Waals surface area contributed by atoms with Crippen LogP contribution in [0.2, 0.25) is 0 Å². The topological polar surface area (TPSA) is 95.6 Å². The first-order chi connectivity index (χ1) is 14.7. The van der Waals surface area contributed by atoms with Gasteiger partial charge in [0.2, 0.25) is 5.91 Å². The van der Waals surface area contributed by atoms with E-state index in [9.17, 15) is 18.0 Å². The maximum absolute atomic E-state index is 12.8. The van der Waals surface area contributed by atoms with Crippen molar-refractivity contribution in [2.24, 2.45) is 0 Å². The molecule has 9 heteroatoms. The lowest BCUT2D eigenvalue weighted by Crippen LogP contribution is -2.23. The summed E-state index contributed by atoms with van der Waals surface area (Å²) in [7, 11) is -0.538. The van der Waals surface area contributed by atoms with Crippen molar-refractivity contribution >= 4 is 44.5 Å². The zero-order valence-corrected chi connectivity index (χ0v) is 19.0. The second-order valence-electron chi connectivity index (χ2n) is 7.20. The number of hydrogen-bond donors (Lipinski definition) is 2. The number of anilines is 2. The summed E-state index contributed by atoms with van der Waals surface area (Å²) in [6, 6.07) is 15.2. The van der Waals surface area contributed by atoms with Crippen molar-refractivity contribution in [1.29, 1.82) is 0 Å². The number of likely N-dealkylation sites (N-methyl/N-ethyl adjacent to an activating group) is 1. The van der Waals surface area contributed by atoms with Crippen molar-refractivity contribution in [2.45, 2.75) is 18.2 Å². The van der Waals surface area contributed by atoms with Gasteiger partial charge in [-0.15, -0.1) is 11.3 Å². The Morgan fingerprint density at radius 2 is 1.55 bits per heavy atom. The van der Waals surface area contributed by atoms with Gasteiger partial charge in [0.15, 0.2) is 0 Å². The van der Waals surface area contributed by atoms with Crippen molar-refractivity contribution in [2.75, 3.05) is 24.1 Å². The summed E-state index contributed by atoms with van der Waals surface area (Å²) >= 11 is 1.05. The van der Waals surface area contributed by atoms with Crippen molar-refractivity contribution in [1.82, 2.24) is 4.90 Å². The molecule has 0 saturated carbocycles. The number of carbonyl (C=O) groups is 2. The van der Waals surface area contributed by atoms with Gasteiger partial charge >= 0.3 is 0 Å². The molecule has 1 aromatic heterocycles. The minimum Gasteiger partial charge on any atom is -0.349 e. The predicted molar refractivity (Wildman–Crippen MR) is 123 cm³/mol. The first-order valence-electron chi connectivity index (χ1n) is 9.43. The molecule has 0 aliphatic rings. The van der Waals surface area contributed by atoms with Crippen LogP contribution in [0.3, 0.4) is 0 Å². The molecule has 0 fully saturated rings. The molecule has 2 N–H and O–H groups in total. The van der Waals surface area contributed by atoms with Crippen LogP contribution >= 0.6 is 11.3 Å². The van der Waals surface area contributed by atoms with Gasteiger partial charge in [-0.05, 0) is 48.2 Å². The summed E-state index contributed by atoms with van der Waals surface area (Å²) in [5, 5.41) is 4.28. The fraction of sp³-hybridized carbons (Fsp3) is 0.182. The number of carbonyl (C=O) groups excluding carboxylic acids is 2. The van der Waals surface area contributed by atoms with E-state index in [2.05, 4.69) is 10.0 Å². The van der Waals surface area contributed by atoms with Crippen LogP contribution in [0, 0.1) is 6.92 Å². The summed E-state index contributed by atoms with van der Waals surface area (Å²) in [6.07, 6.45) is 0.263. The Hall–Kier alpha value is -3.17. The van der Waals surface area contributed by atoms with E-state index in [0.29, 0.717) is 11.4 Å². The fourth-order valence-electron chi connectivity index (χ4n) is 2.73. The second-order valence-corrected chi connectivity index (χ2v) is 9.77. The lowest BCUT2D eigenvalue weighted by Gasteiger charge is -2.11. The number of benzene rings is 2. The van der Waals surface area contributed by atoms with Crippen molar-refractivity contribution < 1.29 is 18.0 Å². The molecule has 162 valence electrons. The predicted octanol–water partition coefficient (Wildman–Crippen LogP) is 3.74. The van der Waals surface area contributed by atoms with Crippen LogP contribution in [0.4, 0.5) is 11.4 Å². The number of rotatable bonds is 7. The van der Waals surface area contributed by atoms with Gasteiger partial charge in [0.25, 0.3) is 15.9 Å². The zero-order valence-electron chi connectivity index (χ0n) is 17.4. The molecule has 3 aromatic rings. The molecule has 0 aliphatic heterocycles. The lowest BCUT2D eigenvalue weighted by molar-refractivity contribution is -0.127. The third-order valence-corrected chi connectivity index (χ3v) is 6.96. The lowest BCUT2D eigenvalue weighted by atomic mass is 10.1. The van der Waals surface area contributed by atoms with E-state index in [1.165, 1.54) is 11.0 Å². The first kappa shape index (κ1) is 22.5. The van der Waals surface area contributed by atoms with E-state index >= 15 is 0 Å². The number of thiophene rings is 1. The number of sulfonamides is 1. The zero-order chi connectivity index (χ0) is 22.6. The number of aryl methyl sites for hydroxylation is 1. The van der Waals surface area contributed by atoms with Gasteiger partial charge < -0.3 is 10.2 Å². The van der Waals surface area contributed by atoms with Crippen LogP contribution in [-0.2, 0) is 21.2 Å². The smallest absolute Gasteiger partial charge is 0.267 e. The molecule has 1 heterocycles. The van der Waals surface area contributed by atoms with Gasteiger partial charge in [-0.25, -0.2) is 8.42 Å². The van der Waals surface area contributed by atoms with Gasteiger partial charge in [-0.2, -0.15) is 0 Å². The molecule has 0 aliphatic carbocycles. The number of nitrogens with one attached hydrogen (secondary N) is 2. The number of hydrogen-bond acceptors (Lipinski definition) is 5. The summed E-state index contributed by atoms with van der Waals surface area (Å²) in [5.41, 5.74) is 2.76. The molecule has 3 rings (SSSR count).